The first-order chi connectivity index (χ1) is 9.75. The molecule has 0 spiro atoms. The Morgan fingerprint density at radius 3 is 2.90 bits per heavy atom. The van der Waals surface area contributed by atoms with Crippen LogP contribution in [0.25, 0.3) is 0 Å². The van der Waals surface area contributed by atoms with Crippen molar-refractivity contribution in [2.45, 2.75) is 25.7 Å². The van der Waals surface area contributed by atoms with Crippen LogP contribution in [-0.4, -0.2) is 10.9 Å². The second-order valence-corrected chi connectivity index (χ2v) is 5.07. The number of rotatable bonds is 2. The lowest BCUT2D eigenvalue weighted by atomic mass is 9.90. The molecule has 20 heavy (non-hydrogen) atoms. The normalized spacial score (nSPS) is 13.6. The first kappa shape index (κ1) is 12.7. The Kier molecular flexibility index (Phi) is 3.37. The SMILES string of the molecule is Nc1ccncc1C(=O)Nc1cccc2c1CCCC2. The third-order valence-corrected chi connectivity index (χ3v) is 3.74. The van der Waals surface area contributed by atoms with Crippen LogP contribution in [0.15, 0.2) is 36.7 Å². The maximum absolute atomic E-state index is 12.3. The molecule has 3 rings (SSSR count). The van der Waals surface area contributed by atoms with Crippen LogP contribution in [0.4, 0.5) is 11.4 Å². The number of aryl methyl sites for hydroxylation is 1. The zero-order valence-electron chi connectivity index (χ0n) is 11.2. The lowest BCUT2D eigenvalue weighted by Crippen LogP contribution is -2.17. The van der Waals surface area contributed by atoms with Crippen LogP contribution in [0, 0.1) is 0 Å². The number of carbonyl (C=O) groups excluding carboxylic acids is 1. The Morgan fingerprint density at radius 1 is 1.20 bits per heavy atom. The molecular weight excluding hydrogens is 250 g/mol. The van der Waals surface area contributed by atoms with Gasteiger partial charge in [-0.3, -0.25) is 9.78 Å². The van der Waals surface area contributed by atoms with Gasteiger partial charge in [0.15, 0.2) is 0 Å². The Hall–Kier alpha value is -2.36. The average Bonchev–Trinajstić information content (AvgIpc) is 2.48. The predicted octanol–water partition coefficient (Wildman–Crippen LogP) is 2.79. The number of nitrogens with one attached hydrogen (secondary N) is 1. The number of hydrogen-bond acceptors (Lipinski definition) is 3. The molecule has 0 unspecified atom stereocenters. The molecule has 1 aliphatic rings. The fourth-order valence-electron chi connectivity index (χ4n) is 2.68. The summed E-state index contributed by atoms with van der Waals surface area (Å²) >= 11 is 0. The summed E-state index contributed by atoms with van der Waals surface area (Å²) in [6, 6.07) is 7.72. The van der Waals surface area contributed by atoms with Gasteiger partial charge in [-0.1, -0.05) is 12.1 Å². The van der Waals surface area contributed by atoms with Crippen LogP contribution in [0.3, 0.4) is 0 Å². The van der Waals surface area contributed by atoms with Gasteiger partial charge < -0.3 is 11.1 Å². The van der Waals surface area contributed by atoms with E-state index in [2.05, 4.69) is 16.4 Å². The molecule has 4 heteroatoms. The van der Waals surface area contributed by atoms with E-state index in [1.54, 1.807) is 12.3 Å². The van der Waals surface area contributed by atoms with Crippen LogP contribution in [0.2, 0.25) is 0 Å². The number of amides is 1. The van der Waals surface area contributed by atoms with E-state index >= 15 is 0 Å². The molecule has 0 bridgehead atoms. The molecular formula is C16H17N3O. The van der Waals surface area contributed by atoms with E-state index in [0.29, 0.717) is 11.3 Å². The van der Waals surface area contributed by atoms with Crippen LogP contribution in [0.1, 0.15) is 34.3 Å². The van der Waals surface area contributed by atoms with Gasteiger partial charge in [-0.05, 0) is 48.9 Å². The van der Waals surface area contributed by atoms with Gasteiger partial charge in [0.1, 0.15) is 0 Å². The highest BCUT2D eigenvalue weighted by Crippen LogP contribution is 2.28. The van der Waals surface area contributed by atoms with Crippen LogP contribution < -0.4 is 11.1 Å². The van der Waals surface area contributed by atoms with Gasteiger partial charge in [-0.2, -0.15) is 0 Å². The Balaban J connectivity index is 1.89. The molecule has 3 N–H and O–H groups in total. The summed E-state index contributed by atoms with van der Waals surface area (Å²) in [5.74, 6) is -0.199. The molecule has 102 valence electrons. The molecule has 0 radical (unpaired) electrons. The minimum atomic E-state index is -0.199. The second kappa shape index (κ2) is 5.33. The smallest absolute Gasteiger partial charge is 0.259 e. The van der Waals surface area contributed by atoms with Gasteiger partial charge in [0, 0.05) is 23.8 Å². The van der Waals surface area contributed by atoms with Crippen LogP contribution >= 0.6 is 0 Å². The zero-order chi connectivity index (χ0) is 13.9. The van der Waals surface area contributed by atoms with Crippen molar-refractivity contribution >= 4 is 17.3 Å². The van der Waals surface area contributed by atoms with Gasteiger partial charge in [0.2, 0.25) is 0 Å². The van der Waals surface area contributed by atoms with E-state index in [1.807, 2.05) is 12.1 Å². The monoisotopic (exact) mass is 267 g/mol. The number of fused-ring (bicyclic) bond motifs is 1. The summed E-state index contributed by atoms with van der Waals surface area (Å²) in [6.07, 6.45) is 7.59. The third-order valence-electron chi connectivity index (χ3n) is 3.74. The van der Waals surface area contributed by atoms with E-state index in [4.69, 9.17) is 5.73 Å². The number of anilines is 2. The Labute approximate surface area is 118 Å². The molecule has 0 aliphatic heterocycles. The number of carbonyl (C=O) groups is 1. The third kappa shape index (κ3) is 2.37. The van der Waals surface area contributed by atoms with E-state index < -0.39 is 0 Å². The summed E-state index contributed by atoms with van der Waals surface area (Å²) in [5, 5.41) is 2.97. The lowest BCUT2D eigenvalue weighted by molar-refractivity contribution is 0.102. The minimum Gasteiger partial charge on any atom is -0.398 e. The topological polar surface area (TPSA) is 68.0 Å². The van der Waals surface area contributed by atoms with Crippen molar-refractivity contribution in [1.29, 1.82) is 0 Å². The molecule has 1 heterocycles. The van der Waals surface area contributed by atoms with Crippen molar-refractivity contribution < 1.29 is 4.79 Å². The number of nitrogens with zero attached hydrogens (tertiary/aromatic N) is 1. The van der Waals surface area contributed by atoms with Gasteiger partial charge in [-0.25, -0.2) is 0 Å². The number of hydrogen-bond donors (Lipinski definition) is 2. The van der Waals surface area contributed by atoms with Crippen molar-refractivity contribution in [3.63, 3.8) is 0 Å². The number of nitrogens with two attached hydrogens (primary N) is 1. The average molecular weight is 267 g/mol. The fourth-order valence-corrected chi connectivity index (χ4v) is 2.68. The van der Waals surface area contributed by atoms with Gasteiger partial charge >= 0.3 is 0 Å². The highest BCUT2D eigenvalue weighted by Gasteiger charge is 2.16. The molecule has 1 aromatic carbocycles. The van der Waals surface area contributed by atoms with Gasteiger partial charge in [-0.15, -0.1) is 0 Å². The van der Waals surface area contributed by atoms with E-state index in [9.17, 15) is 4.79 Å². The number of benzene rings is 1. The predicted molar refractivity (Wildman–Crippen MR) is 79.7 cm³/mol. The summed E-state index contributed by atoms with van der Waals surface area (Å²) < 4.78 is 0. The summed E-state index contributed by atoms with van der Waals surface area (Å²) in [7, 11) is 0. The Morgan fingerprint density at radius 2 is 2.05 bits per heavy atom. The number of nitrogen functional groups attached to an aromatic ring is 1. The largest absolute Gasteiger partial charge is 0.398 e. The van der Waals surface area contributed by atoms with E-state index in [1.165, 1.54) is 30.2 Å². The molecule has 1 aliphatic carbocycles. The molecule has 0 saturated heterocycles. The van der Waals surface area contributed by atoms with Gasteiger partial charge in [0.05, 0.1) is 5.56 Å². The molecule has 1 aromatic heterocycles. The quantitative estimate of drug-likeness (QED) is 0.879. The highest BCUT2D eigenvalue weighted by atomic mass is 16.1. The zero-order valence-corrected chi connectivity index (χ0v) is 11.2. The first-order valence-electron chi connectivity index (χ1n) is 6.87. The van der Waals surface area contributed by atoms with Crippen molar-refractivity contribution in [1.82, 2.24) is 4.98 Å². The minimum absolute atomic E-state index is 0.199. The van der Waals surface area contributed by atoms with Crippen LogP contribution in [0.5, 0.6) is 0 Å². The van der Waals surface area contributed by atoms with Crippen LogP contribution in [-0.2, 0) is 12.8 Å². The van der Waals surface area contributed by atoms with E-state index in [0.717, 1.165) is 18.5 Å². The standard InChI is InChI=1S/C16H17N3O/c17-14-8-9-18-10-13(14)16(20)19-15-7-3-5-11-4-1-2-6-12(11)15/h3,5,7-10H,1-2,4,6H2,(H2,17,18)(H,19,20). The summed E-state index contributed by atoms with van der Waals surface area (Å²) in [5.41, 5.74) is 10.2. The second-order valence-electron chi connectivity index (χ2n) is 5.07. The maximum atomic E-state index is 12.3. The first-order valence-corrected chi connectivity index (χ1v) is 6.87. The number of pyridine rings is 1. The molecule has 4 nitrogen and oxygen atoms in total. The fraction of sp³-hybridized carbons (Fsp3) is 0.250. The molecule has 0 fully saturated rings. The maximum Gasteiger partial charge on any atom is 0.259 e. The van der Waals surface area contributed by atoms with E-state index in [-0.39, 0.29) is 5.91 Å². The molecule has 1 amide bonds. The van der Waals surface area contributed by atoms with Gasteiger partial charge in [0.25, 0.3) is 5.91 Å². The molecule has 2 aromatic rings. The summed E-state index contributed by atoms with van der Waals surface area (Å²) in [4.78, 5) is 16.2. The van der Waals surface area contributed by atoms with Crippen molar-refractivity contribution in [3.05, 3.63) is 53.3 Å². The van der Waals surface area contributed by atoms with Crippen molar-refractivity contribution in [3.8, 4) is 0 Å². The highest BCUT2D eigenvalue weighted by molar-refractivity contribution is 6.07. The van der Waals surface area contributed by atoms with Crippen molar-refractivity contribution in [2.24, 2.45) is 0 Å². The summed E-state index contributed by atoms with van der Waals surface area (Å²) in [6.45, 7) is 0. The number of aromatic nitrogens is 1. The Bertz CT molecular complexity index is 652. The molecule has 0 atom stereocenters. The molecule has 0 saturated carbocycles. The lowest BCUT2D eigenvalue weighted by Gasteiger charge is -2.19. The van der Waals surface area contributed by atoms with Crippen molar-refractivity contribution in [2.75, 3.05) is 11.1 Å².